The molecule has 0 saturated heterocycles. The second-order valence-electron chi connectivity index (χ2n) is 6.07. The van der Waals surface area contributed by atoms with Gasteiger partial charge in [0.2, 0.25) is 0 Å². The van der Waals surface area contributed by atoms with E-state index in [0.29, 0.717) is 10.7 Å². The second-order valence-corrected chi connectivity index (χ2v) is 6.51. The van der Waals surface area contributed by atoms with Gasteiger partial charge in [0.05, 0.1) is 11.6 Å². The van der Waals surface area contributed by atoms with Gasteiger partial charge in [0.1, 0.15) is 5.52 Å². The maximum Gasteiger partial charge on any atom is 0.330 e. The lowest BCUT2D eigenvalue weighted by atomic mass is 10.2. The van der Waals surface area contributed by atoms with Crippen LogP contribution in [0.1, 0.15) is 25.3 Å². The Kier molecular flexibility index (Phi) is 3.39. The van der Waals surface area contributed by atoms with Crippen molar-refractivity contribution in [3.8, 4) is 0 Å². The predicted molar refractivity (Wildman–Crippen MR) is 89.0 cm³/mol. The SMILES string of the molecule is CO[C@H]1CC[C@H](n2c(=O)n(C)c3nnc4ccc(Cl)cc4c32)C1. The fraction of sp³-hybridized carbons (Fsp3) is 0.438. The molecule has 0 bridgehead atoms. The van der Waals surface area contributed by atoms with Crippen molar-refractivity contribution < 1.29 is 4.74 Å². The van der Waals surface area contributed by atoms with Crippen LogP contribution >= 0.6 is 11.6 Å². The summed E-state index contributed by atoms with van der Waals surface area (Å²) in [4.78, 5) is 12.8. The van der Waals surface area contributed by atoms with Crippen LogP contribution in [-0.2, 0) is 11.8 Å². The zero-order valence-electron chi connectivity index (χ0n) is 13.0. The zero-order chi connectivity index (χ0) is 16.1. The van der Waals surface area contributed by atoms with E-state index in [1.165, 1.54) is 0 Å². The molecule has 0 amide bonds. The van der Waals surface area contributed by atoms with Gasteiger partial charge in [0.25, 0.3) is 0 Å². The number of ether oxygens (including phenoxy) is 1. The van der Waals surface area contributed by atoms with Crippen LogP contribution < -0.4 is 5.69 Å². The third-order valence-corrected chi connectivity index (χ3v) is 5.02. The fourth-order valence-corrected chi connectivity index (χ4v) is 3.74. The molecule has 1 aromatic carbocycles. The number of imidazole rings is 1. The molecule has 6 nitrogen and oxygen atoms in total. The lowest BCUT2D eigenvalue weighted by Gasteiger charge is -2.13. The number of hydrogen-bond donors (Lipinski definition) is 0. The molecule has 0 radical (unpaired) electrons. The summed E-state index contributed by atoms with van der Waals surface area (Å²) in [5.41, 5.74) is 2.07. The molecule has 1 aliphatic rings. The number of benzene rings is 1. The maximum absolute atomic E-state index is 12.8. The molecule has 2 aromatic heterocycles. The molecule has 120 valence electrons. The maximum atomic E-state index is 12.8. The van der Waals surface area contributed by atoms with Crippen LogP contribution in [0.25, 0.3) is 22.1 Å². The summed E-state index contributed by atoms with van der Waals surface area (Å²) < 4.78 is 8.86. The van der Waals surface area contributed by atoms with Crippen molar-refractivity contribution in [2.24, 2.45) is 7.05 Å². The Bertz CT molecular complexity index is 962. The summed E-state index contributed by atoms with van der Waals surface area (Å²) >= 11 is 6.16. The van der Waals surface area contributed by atoms with Gasteiger partial charge in [-0.25, -0.2) is 4.79 Å². The van der Waals surface area contributed by atoms with Crippen LogP contribution in [0.5, 0.6) is 0 Å². The highest BCUT2D eigenvalue weighted by molar-refractivity contribution is 6.31. The summed E-state index contributed by atoms with van der Waals surface area (Å²) in [7, 11) is 3.45. The Morgan fingerprint density at radius 1 is 1.30 bits per heavy atom. The van der Waals surface area contributed by atoms with Gasteiger partial charge in [-0.1, -0.05) is 11.6 Å². The topological polar surface area (TPSA) is 61.9 Å². The number of fused-ring (bicyclic) bond motifs is 3. The van der Waals surface area contributed by atoms with Crippen LogP contribution in [0.4, 0.5) is 0 Å². The molecule has 0 unspecified atom stereocenters. The summed E-state index contributed by atoms with van der Waals surface area (Å²) in [5, 5.41) is 9.95. The van der Waals surface area contributed by atoms with E-state index >= 15 is 0 Å². The third kappa shape index (κ3) is 2.16. The van der Waals surface area contributed by atoms with Gasteiger partial charge in [-0.3, -0.25) is 9.13 Å². The average molecular weight is 333 g/mol. The smallest absolute Gasteiger partial charge is 0.330 e. The molecule has 1 saturated carbocycles. The van der Waals surface area contributed by atoms with E-state index in [1.54, 1.807) is 24.8 Å². The summed E-state index contributed by atoms with van der Waals surface area (Å²) in [5.74, 6) is 0. The number of aromatic nitrogens is 4. The van der Waals surface area contributed by atoms with Crippen molar-refractivity contribution >= 4 is 33.7 Å². The summed E-state index contributed by atoms with van der Waals surface area (Å²) in [6.07, 6.45) is 2.91. The molecule has 7 heteroatoms. The van der Waals surface area contributed by atoms with E-state index in [9.17, 15) is 4.79 Å². The third-order valence-electron chi connectivity index (χ3n) is 4.78. The Morgan fingerprint density at radius 3 is 2.87 bits per heavy atom. The Labute approximate surface area is 137 Å². The highest BCUT2D eigenvalue weighted by atomic mass is 35.5. The zero-order valence-corrected chi connectivity index (χ0v) is 13.7. The largest absolute Gasteiger partial charge is 0.381 e. The van der Waals surface area contributed by atoms with Gasteiger partial charge in [-0.15, -0.1) is 10.2 Å². The number of nitrogens with zero attached hydrogens (tertiary/aromatic N) is 4. The van der Waals surface area contributed by atoms with Crippen LogP contribution in [-0.4, -0.2) is 32.5 Å². The number of halogens is 1. The van der Waals surface area contributed by atoms with Crippen LogP contribution in [0.3, 0.4) is 0 Å². The number of rotatable bonds is 2. The van der Waals surface area contributed by atoms with E-state index in [4.69, 9.17) is 16.3 Å². The second kappa shape index (κ2) is 5.32. The molecule has 0 spiro atoms. The molecule has 1 fully saturated rings. The molecule has 3 aromatic rings. The predicted octanol–water partition coefficient (Wildman–Crippen LogP) is 2.68. The molecule has 2 heterocycles. The van der Waals surface area contributed by atoms with Crippen molar-refractivity contribution in [1.29, 1.82) is 0 Å². The van der Waals surface area contributed by atoms with E-state index in [0.717, 1.165) is 35.7 Å². The normalized spacial score (nSPS) is 21.5. The molecule has 0 N–H and O–H groups in total. The van der Waals surface area contributed by atoms with E-state index in [-0.39, 0.29) is 17.8 Å². The van der Waals surface area contributed by atoms with Crippen molar-refractivity contribution in [2.75, 3.05) is 7.11 Å². The van der Waals surface area contributed by atoms with E-state index < -0.39 is 0 Å². The molecular weight excluding hydrogens is 316 g/mol. The Balaban J connectivity index is 2.04. The van der Waals surface area contributed by atoms with Crippen molar-refractivity contribution in [1.82, 2.24) is 19.3 Å². The highest BCUT2D eigenvalue weighted by Crippen LogP contribution is 2.34. The molecule has 1 aliphatic carbocycles. The van der Waals surface area contributed by atoms with Gasteiger partial charge in [0.15, 0.2) is 5.65 Å². The Hall–Kier alpha value is -1.92. The monoisotopic (exact) mass is 332 g/mol. The van der Waals surface area contributed by atoms with Crippen molar-refractivity contribution in [2.45, 2.75) is 31.4 Å². The van der Waals surface area contributed by atoms with E-state index in [2.05, 4.69) is 10.2 Å². The van der Waals surface area contributed by atoms with Gasteiger partial charge in [-0.05, 0) is 37.5 Å². The van der Waals surface area contributed by atoms with Gasteiger partial charge in [0, 0.05) is 30.6 Å². The molecule has 4 rings (SSSR count). The number of aryl methyl sites for hydroxylation is 1. The first-order chi connectivity index (χ1) is 11.1. The van der Waals surface area contributed by atoms with Crippen LogP contribution in [0, 0.1) is 0 Å². The fourth-order valence-electron chi connectivity index (χ4n) is 3.57. The molecule has 0 aliphatic heterocycles. The minimum atomic E-state index is -0.0662. The first-order valence-electron chi connectivity index (χ1n) is 7.66. The lowest BCUT2D eigenvalue weighted by molar-refractivity contribution is 0.106. The van der Waals surface area contributed by atoms with Crippen LogP contribution in [0.15, 0.2) is 23.0 Å². The van der Waals surface area contributed by atoms with E-state index in [1.807, 2.05) is 16.7 Å². The first-order valence-corrected chi connectivity index (χ1v) is 8.03. The minimum absolute atomic E-state index is 0.0662. The number of hydrogen-bond acceptors (Lipinski definition) is 4. The van der Waals surface area contributed by atoms with Gasteiger partial charge >= 0.3 is 5.69 Å². The minimum Gasteiger partial charge on any atom is -0.381 e. The highest BCUT2D eigenvalue weighted by Gasteiger charge is 2.30. The van der Waals surface area contributed by atoms with Crippen molar-refractivity contribution in [3.05, 3.63) is 33.7 Å². The lowest BCUT2D eigenvalue weighted by Crippen LogP contribution is -2.25. The van der Waals surface area contributed by atoms with Crippen LogP contribution in [0.2, 0.25) is 5.02 Å². The van der Waals surface area contributed by atoms with Gasteiger partial charge in [-0.2, -0.15) is 0 Å². The van der Waals surface area contributed by atoms with Gasteiger partial charge < -0.3 is 4.74 Å². The average Bonchev–Trinajstić information content (AvgIpc) is 3.11. The Morgan fingerprint density at radius 2 is 2.13 bits per heavy atom. The molecular formula is C16H17ClN4O2. The number of methoxy groups -OCH3 is 1. The molecule has 2 atom stereocenters. The summed E-state index contributed by atoms with van der Waals surface area (Å²) in [6.45, 7) is 0. The standard InChI is InChI=1S/C16H17ClN4O2/c1-20-15-14(12-7-9(17)3-6-13(12)18-19-15)21(16(20)22)10-4-5-11(8-10)23-2/h3,6-7,10-11H,4-5,8H2,1-2H3/t10-,11-/m0/s1. The summed E-state index contributed by atoms with van der Waals surface area (Å²) in [6, 6.07) is 5.58. The first kappa shape index (κ1) is 14.7. The van der Waals surface area contributed by atoms with Crippen molar-refractivity contribution in [3.63, 3.8) is 0 Å². The molecule has 23 heavy (non-hydrogen) atoms. The quantitative estimate of drug-likeness (QED) is 0.724.